The van der Waals surface area contributed by atoms with Crippen LogP contribution in [-0.2, 0) is 19.1 Å². The summed E-state index contributed by atoms with van der Waals surface area (Å²) < 4.78 is 11.2. The summed E-state index contributed by atoms with van der Waals surface area (Å²) in [7, 11) is 11.4. The van der Waals surface area contributed by atoms with E-state index >= 15 is 0 Å². The van der Waals surface area contributed by atoms with E-state index in [1.165, 1.54) is 89.9 Å². The van der Waals surface area contributed by atoms with Crippen molar-refractivity contribution in [3.8, 4) is 0 Å². The predicted octanol–water partition coefficient (Wildman–Crippen LogP) is 12.1. The van der Waals surface area contributed by atoms with Crippen LogP contribution in [0.4, 0.5) is 0 Å². The van der Waals surface area contributed by atoms with Crippen LogP contribution in [0.2, 0.25) is 0 Å². The van der Waals surface area contributed by atoms with Gasteiger partial charge < -0.3 is 14.4 Å². The largest absolute Gasteiger partial charge is 0.462 e. The van der Waals surface area contributed by atoms with E-state index in [4.69, 9.17) is 9.47 Å². The average Bonchev–Trinajstić information content (AvgIpc) is 3.05. The molecule has 0 unspecified atom stereocenters. The number of carbonyl (C=O) groups excluding carboxylic acids is 2. The fourth-order valence-corrected chi connectivity index (χ4v) is 8.82. The van der Waals surface area contributed by atoms with Crippen molar-refractivity contribution in [1.82, 2.24) is 4.90 Å². The van der Waals surface area contributed by atoms with Crippen LogP contribution in [0.15, 0.2) is 24.3 Å². The van der Waals surface area contributed by atoms with Gasteiger partial charge in [0.15, 0.2) is 0 Å². The van der Waals surface area contributed by atoms with E-state index in [-0.39, 0.29) is 18.5 Å². The van der Waals surface area contributed by atoms with Gasteiger partial charge in [-0.25, -0.2) is 0 Å². The lowest BCUT2D eigenvalue weighted by molar-refractivity contribution is -0.159. The summed E-state index contributed by atoms with van der Waals surface area (Å²) in [6.07, 6.45) is 32.8. The zero-order valence-electron chi connectivity index (χ0n) is 30.7. The summed E-state index contributed by atoms with van der Waals surface area (Å²) in [5.74, 6) is 3.69. The molecule has 0 saturated carbocycles. The molecule has 0 aliphatic rings. The second-order valence-corrected chi connectivity index (χ2v) is 17.9. The van der Waals surface area contributed by atoms with Gasteiger partial charge in [-0.2, -0.15) is 0 Å². The van der Waals surface area contributed by atoms with Crippen LogP contribution >= 0.6 is 43.2 Å². The molecule has 0 heterocycles. The van der Waals surface area contributed by atoms with Crippen molar-refractivity contribution in [2.24, 2.45) is 0 Å². The smallest absolute Gasteiger partial charge is 0.306 e. The molecule has 0 aliphatic carbocycles. The van der Waals surface area contributed by atoms with Gasteiger partial charge in [0.2, 0.25) is 0 Å². The summed E-state index contributed by atoms with van der Waals surface area (Å²) in [6, 6.07) is 0. The van der Waals surface area contributed by atoms with E-state index in [1.807, 2.05) is 57.3 Å². The molecule has 1 atom stereocenters. The van der Waals surface area contributed by atoms with Crippen molar-refractivity contribution in [3.63, 3.8) is 0 Å². The maximum Gasteiger partial charge on any atom is 0.306 e. The third kappa shape index (κ3) is 38.4. The molecule has 0 saturated heterocycles. The summed E-state index contributed by atoms with van der Waals surface area (Å²) in [5, 5.41) is 0. The first kappa shape index (κ1) is 46.8. The van der Waals surface area contributed by atoms with Crippen molar-refractivity contribution in [1.29, 1.82) is 0 Å². The quantitative estimate of drug-likeness (QED) is 0.0271. The van der Waals surface area contributed by atoms with Gasteiger partial charge in [-0.05, 0) is 65.5 Å². The van der Waals surface area contributed by atoms with Crippen molar-refractivity contribution in [2.45, 2.75) is 155 Å². The number of allylic oxidation sites excluding steroid dienone is 4. The third-order valence-corrected chi connectivity index (χ3v) is 12.6. The van der Waals surface area contributed by atoms with Gasteiger partial charge in [0, 0.05) is 48.8 Å². The number of nitrogens with zero attached hydrogens (tertiary/aromatic N) is 1. The van der Waals surface area contributed by atoms with Crippen LogP contribution in [0, 0.1) is 0 Å². The number of rotatable bonds is 36. The highest BCUT2D eigenvalue weighted by Crippen LogP contribution is 2.24. The average molecular weight is 734 g/mol. The molecule has 0 aromatic rings. The molecule has 0 aromatic carbocycles. The highest BCUT2D eigenvalue weighted by Gasteiger charge is 2.17. The fraction of sp³-hybridized carbons (Fsp3) is 0.842. The minimum absolute atomic E-state index is 0.141. The van der Waals surface area contributed by atoms with Gasteiger partial charge in [0.05, 0.1) is 0 Å². The molecule has 5 nitrogen and oxygen atoms in total. The minimum Gasteiger partial charge on any atom is -0.462 e. The molecule has 47 heavy (non-hydrogen) atoms. The Morgan fingerprint density at radius 1 is 0.574 bits per heavy atom. The molecular weight excluding hydrogens is 663 g/mol. The van der Waals surface area contributed by atoms with E-state index in [0.29, 0.717) is 19.3 Å². The van der Waals surface area contributed by atoms with Gasteiger partial charge in [0.25, 0.3) is 0 Å². The molecule has 0 spiro atoms. The van der Waals surface area contributed by atoms with Crippen molar-refractivity contribution >= 4 is 55.1 Å². The van der Waals surface area contributed by atoms with E-state index in [0.717, 1.165) is 55.2 Å². The number of ether oxygens (including phenoxy) is 2. The fourth-order valence-electron chi connectivity index (χ4n) is 4.66. The van der Waals surface area contributed by atoms with E-state index in [2.05, 4.69) is 43.1 Å². The first-order valence-corrected chi connectivity index (χ1v) is 23.8. The highest BCUT2D eigenvalue weighted by atomic mass is 33.1. The Hall–Kier alpha value is -0.220. The standard InChI is InChI=1S/C38H71NO4S4/c1-5-7-9-11-13-15-17-19-21-23-31-44-46-33-25-27-37(40)42-35-36(29-30-39(3)4)43-38(41)28-26-34-47-45-32-24-22-20-18-16-14-12-10-8-6-2/h19-22,36H,5-18,23-35H2,1-4H3/b21-19-,22-20-/t36-/m0/s1. The van der Waals surface area contributed by atoms with Crippen molar-refractivity contribution in [3.05, 3.63) is 24.3 Å². The van der Waals surface area contributed by atoms with Gasteiger partial charge in [-0.3, -0.25) is 9.59 Å². The lowest BCUT2D eigenvalue weighted by atomic mass is 10.1. The van der Waals surface area contributed by atoms with Crippen LogP contribution in [0.1, 0.15) is 149 Å². The predicted molar refractivity (Wildman–Crippen MR) is 216 cm³/mol. The van der Waals surface area contributed by atoms with Gasteiger partial charge in [-0.1, -0.05) is 146 Å². The Morgan fingerprint density at radius 3 is 1.53 bits per heavy atom. The zero-order chi connectivity index (χ0) is 34.5. The van der Waals surface area contributed by atoms with E-state index in [9.17, 15) is 9.59 Å². The molecule has 0 amide bonds. The lowest BCUT2D eigenvalue weighted by Gasteiger charge is -2.20. The van der Waals surface area contributed by atoms with Gasteiger partial charge >= 0.3 is 11.9 Å². The van der Waals surface area contributed by atoms with E-state index in [1.54, 1.807) is 0 Å². The molecule has 0 aliphatic heterocycles. The molecule has 0 bridgehead atoms. The maximum absolute atomic E-state index is 12.5. The Kier molecular flexibility index (Phi) is 38.4. The molecule has 0 fully saturated rings. The molecule has 0 rings (SSSR count). The van der Waals surface area contributed by atoms with E-state index < -0.39 is 6.10 Å². The Bertz CT molecular complexity index is 751. The SMILES string of the molecule is CCCCCCCC/C=C\CCSSCCCC(=O)OC[C@H](CCN(C)C)OC(=O)CCCSSCC/C=C\CCCCCCCC. The monoisotopic (exact) mass is 733 g/mol. The molecule has 0 aromatic heterocycles. The van der Waals surface area contributed by atoms with Crippen LogP contribution in [0.25, 0.3) is 0 Å². The van der Waals surface area contributed by atoms with Crippen molar-refractivity contribution < 1.29 is 19.1 Å². The molecule has 9 heteroatoms. The Balaban J connectivity index is 3.86. The minimum atomic E-state index is -0.391. The van der Waals surface area contributed by atoms with Crippen molar-refractivity contribution in [2.75, 3.05) is 50.3 Å². The molecular formula is C38H71NO4S4. The first-order chi connectivity index (χ1) is 23.0. The topological polar surface area (TPSA) is 55.8 Å². The molecule has 0 radical (unpaired) electrons. The lowest BCUT2D eigenvalue weighted by Crippen LogP contribution is -2.29. The summed E-state index contributed by atoms with van der Waals surface area (Å²) in [4.78, 5) is 26.9. The van der Waals surface area contributed by atoms with Gasteiger partial charge in [-0.15, -0.1) is 0 Å². The van der Waals surface area contributed by atoms with Crippen LogP contribution in [-0.4, -0.2) is 73.2 Å². The number of hydrogen-bond acceptors (Lipinski definition) is 9. The molecule has 0 N–H and O–H groups in total. The number of carbonyl (C=O) groups is 2. The zero-order valence-corrected chi connectivity index (χ0v) is 34.0. The maximum atomic E-state index is 12.5. The Morgan fingerprint density at radius 2 is 1.02 bits per heavy atom. The van der Waals surface area contributed by atoms with Gasteiger partial charge in [0.1, 0.15) is 12.7 Å². The van der Waals surface area contributed by atoms with Crippen LogP contribution in [0.5, 0.6) is 0 Å². The summed E-state index contributed by atoms with van der Waals surface area (Å²) in [6.45, 7) is 5.44. The first-order valence-electron chi connectivity index (χ1n) is 18.8. The van der Waals surface area contributed by atoms with Crippen LogP contribution < -0.4 is 0 Å². The number of hydrogen-bond donors (Lipinski definition) is 0. The molecule has 276 valence electrons. The normalized spacial score (nSPS) is 12.4. The second-order valence-electron chi connectivity index (χ2n) is 12.5. The Labute approximate surface area is 306 Å². The number of esters is 2. The van der Waals surface area contributed by atoms with Crippen LogP contribution in [0.3, 0.4) is 0 Å². The summed E-state index contributed by atoms with van der Waals surface area (Å²) >= 11 is 0. The third-order valence-electron chi connectivity index (χ3n) is 7.53. The highest BCUT2D eigenvalue weighted by molar-refractivity contribution is 8.77. The summed E-state index contributed by atoms with van der Waals surface area (Å²) in [5.41, 5.74) is 0. The number of unbranched alkanes of at least 4 members (excludes halogenated alkanes) is 12. The second kappa shape index (κ2) is 38.6.